The molecule has 1 aliphatic carbocycles. The molecular formula is C19H31N. The van der Waals surface area contributed by atoms with Crippen molar-refractivity contribution in [1.82, 2.24) is 0 Å². The molecule has 0 radical (unpaired) electrons. The monoisotopic (exact) mass is 273 g/mol. The molecule has 0 saturated heterocycles. The summed E-state index contributed by atoms with van der Waals surface area (Å²) < 4.78 is 0. The quantitative estimate of drug-likeness (QED) is 0.833. The molecule has 0 aliphatic heterocycles. The van der Waals surface area contributed by atoms with E-state index in [1.807, 2.05) is 0 Å². The van der Waals surface area contributed by atoms with Crippen molar-refractivity contribution in [3.05, 3.63) is 35.4 Å². The first kappa shape index (κ1) is 15.6. The molecule has 1 unspecified atom stereocenters. The van der Waals surface area contributed by atoms with Crippen LogP contribution in [-0.2, 0) is 6.42 Å². The van der Waals surface area contributed by atoms with Gasteiger partial charge in [-0.05, 0) is 67.4 Å². The lowest BCUT2D eigenvalue weighted by atomic mass is 9.68. The highest BCUT2D eigenvalue weighted by Crippen LogP contribution is 2.43. The summed E-state index contributed by atoms with van der Waals surface area (Å²) in [6.45, 7) is 9.24. The average Bonchev–Trinajstić information content (AvgIpc) is 2.38. The van der Waals surface area contributed by atoms with Crippen molar-refractivity contribution in [2.75, 3.05) is 0 Å². The summed E-state index contributed by atoms with van der Waals surface area (Å²) >= 11 is 0. The van der Waals surface area contributed by atoms with E-state index >= 15 is 0 Å². The van der Waals surface area contributed by atoms with Gasteiger partial charge in [0.1, 0.15) is 0 Å². The van der Waals surface area contributed by atoms with Crippen LogP contribution in [0.25, 0.3) is 0 Å². The smallest absolute Gasteiger partial charge is 0.00509 e. The van der Waals surface area contributed by atoms with Gasteiger partial charge in [-0.1, -0.05) is 45.0 Å². The van der Waals surface area contributed by atoms with Gasteiger partial charge in [0.2, 0.25) is 0 Å². The molecule has 1 heteroatoms. The van der Waals surface area contributed by atoms with E-state index in [4.69, 9.17) is 5.73 Å². The van der Waals surface area contributed by atoms with Crippen molar-refractivity contribution in [3.8, 4) is 0 Å². The summed E-state index contributed by atoms with van der Waals surface area (Å²) in [7, 11) is 0. The summed E-state index contributed by atoms with van der Waals surface area (Å²) in [5, 5.41) is 0. The summed E-state index contributed by atoms with van der Waals surface area (Å²) in [5.74, 6) is 1.68. The fraction of sp³-hybridized carbons (Fsp3) is 0.684. The molecule has 0 amide bonds. The Bertz CT molecular complexity index is 402. The van der Waals surface area contributed by atoms with Gasteiger partial charge < -0.3 is 5.73 Å². The van der Waals surface area contributed by atoms with E-state index in [-0.39, 0.29) is 6.04 Å². The zero-order valence-corrected chi connectivity index (χ0v) is 13.7. The van der Waals surface area contributed by atoms with E-state index in [2.05, 4.69) is 52.0 Å². The molecule has 1 saturated carbocycles. The number of hydrogen-bond acceptors (Lipinski definition) is 1. The van der Waals surface area contributed by atoms with Gasteiger partial charge in [0, 0.05) is 6.04 Å². The minimum absolute atomic E-state index is 0.253. The van der Waals surface area contributed by atoms with Crippen LogP contribution in [0.4, 0.5) is 0 Å². The highest BCUT2D eigenvalue weighted by molar-refractivity contribution is 5.26. The predicted octanol–water partition coefficient (Wildman–Crippen LogP) is 4.90. The lowest BCUT2D eigenvalue weighted by Gasteiger charge is -2.37. The van der Waals surface area contributed by atoms with Crippen LogP contribution in [0.1, 0.15) is 70.4 Å². The van der Waals surface area contributed by atoms with Gasteiger partial charge in [0.05, 0.1) is 0 Å². The third-order valence-corrected chi connectivity index (χ3v) is 4.96. The molecule has 1 aromatic rings. The van der Waals surface area contributed by atoms with Gasteiger partial charge in [0.25, 0.3) is 0 Å². The molecule has 0 bridgehead atoms. The summed E-state index contributed by atoms with van der Waals surface area (Å²) in [4.78, 5) is 0. The molecular weight excluding hydrogens is 242 g/mol. The van der Waals surface area contributed by atoms with E-state index in [1.54, 1.807) is 0 Å². The van der Waals surface area contributed by atoms with Crippen LogP contribution in [-0.4, -0.2) is 6.04 Å². The van der Waals surface area contributed by atoms with Crippen LogP contribution < -0.4 is 5.73 Å². The van der Waals surface area contributed by atoms with Crippen LogP contribution in [0.15, 0.2) is 24.3 Å². The van der Waals surface area contributed by atoms with Gasteiger partial charge in [0.15, 0.2) is 0 Å². The second-order valence-corrected chi connectivity index (χ2v) is 7.84. The maximum atomic E-state index is 5.86. The Balaban J connectivity index is 1.94. The van der Waals surface area contributed by atoms with Crippen LogP contribution in [0, 0.1) is 11.3 Å². The number of hydrogen-bond donors (Lipinski definition) is 1. The van der Waals surface area contributed by atoms with Crippen LogP contribution >= 0.6 is 0 Å². The van der Waals surface area contributed by atoms with E-state index in [0.717, 1.165) is 18.3 Å². The van der Waals surface area contributed by atoms with Gasteiger partial charge >= 0.3 is 0 Å². The largest absolute Gasteiger partial charge is 0.328 e. The maximum Gasteiger partial charge on any atom is 0.00509 e. The van der Waals surface area contributed by atoms with Crippen molar-refractivity contribution in [3.63, 3.8) is 0 Å². The fourth-order valence-electron chi connectivity index (χ4n) is 3.59. The second-order valence-electron chi connectivity index (χ2n) is 7.84. The molecule has 0 spiro atoms. The zero-order chi connectivity index (χ0) is 14.8. The zero-order valence-electron chi connectivity index (χ0n) is 13.7. The number of rotatable bonds is 3. The molecule has 112 valence electrons. The maximum absolute atomic E-state index is 5.86. The van der Waals surface area contributed by atoms with Crippen LogP contribution in [0.5, 0.6) is 0 Å². The Morgan fingerprint density at radius 3 is 2.05 bits per heavy atom. The predicted molar refractivity (Wildman–Crippen MR) is 87.9 cm³/mol. The summed E-state index contributed by atoms with van der Waals surface area (Å²) in [6.07, 6.45) is 6.46. The lowest BCUT2D eigenvalue weighted by Crippen LogP contribution is -2.25. The van der Waals surface area contributed by atoms with Gasteiger partial charge in [-0.15, -0.1) is 0 Å². The SMILES string of the molecule is CC(N)Cc1ccc(C2CCC(C(C)(C)C)CC2)cc1. The molecule has 1 atom stereocenters. The Morgan fingerprint density at radius 1 is 1.05 bits per heavy atom. The molecule has 2 rings (SSSR count). The first-order chi connectivity index (χ1) is 9.36. The minimum Gasteiger partial charge on any atom is -0.328 e. The highest BCUT2D eigenvalue weighted by atomic mass is 14.6. The topological polar surface area (TPSA) is 26.0 Å². The van der Waals surface area contributed by atoms with Gasteiger partial charge in [-0.25, -0.2) is 0 Å². The van der Waals surface area contributed by atoms with Gasteiger partial charge in [-0.2, -0.15) is 0 Å². The van der Waals surface area contributed by atoms with E-state index in [9.17, 15) is 0 Å². The van der Waals surface area contributed by atoms with Gasteiger partial charge in [-0.3, -0.25) is 0 Å². The highest BCUT2D eigenvalue weighted by Gasteiger charge is 2.30. The van der Waals surface area contributed by atoms with E-state index < -0.39 is 0 Å². The Hall–Kier alpha value is -0.820. The molecule has 2 N–H and O–H groups in total. The molecule has 1 nitrogen and oxygen atoms in total. The Labute approximate surface area is 125 Å². The van der Waals surface area contributed by atoms with E-state index in [0.29, 0.717) is 5.41 Å². The van der Waals surface area contributed by atoms with Crippen molar-refractivity contribution in [2.45, 2.75) is 71.8 Å². The lowest BCUT2D eigenvalue weighted by molar-refractivity contribution is 0.169. The third-order valence-electron chi connectivity index (χ3n) is 4.96. The molecule has 0 heterocycles. The number of nitrogens with two attached hydrogens (primary N) is 1. The third kappa shape index (κ3) is 4.09. The minimum atomic E-state index is 0.253. The summed E-state index contributed by atoms with van der Waals surface area (Å²) in [6, 6.07) is 9.46. The Morgan fingerprint density at radius 2 is 1.60 bits per heavy atom. The molecule has 1 fully saturated rings. The molecule has 1 aromatic carbocycles. The van der Waals surface area contributed by atoms with Crippen molar-refractivity contribution in [2.24, 2.45) is 17.1 Å². The van der Waals surface area contributed by atoms with Crippen molar-refractivity contribution >= 4 is 0 Å². The first-order valence-electron chi connectivity index (χ1n) is 8.20. The van der Waals surface area contributed by atoms with Crippen molar-refractivity contribution in [1.29, 1.82) is 0 Å². The average molecular weight is 273 g/mol. The molecule has 0 aromatic heterocycles. The number of benzene rings is 1. The molecule has 1 aliphatic rings. The standard InChI is InChI=1S/C19H31N/c1-14(20)13-15-5-7-16(8-6-15)17-9-11-18(12-10-17)19(2,3)4/h5-8,14,17-18H,9-13,20H2,1-4H3. The van der Waals surface area contributed by atoms with Crippen LogP contribution in [0.3, 0.4) is 0 Å². The second kappa shape index (κ2) is 6.30. The first-order valence-corrected chi connectivity index (χ1v) is 8.20. The van der Waals surface area contributed by atoms with Crippen LogP contribution in [0.2, 0.25) is 0 Å². The molecule has 20 heavy (non-hydrogen) atoms. The Kier molecular flexibility index (Phi) is 4.90. The normalized spacial score (nSPS) is 25.4. The fourth-order valence-corrected chi connectivity index (χ4v) is 3.59. The van der Waals surface area contributed by atoms with E-state index in [1.165, 1.54) is 36.8 Å². The van der Waals surface area contributed by atoms with Crippen molar-refractivity contribution < 1.29 is 0 Å². The summed E-state index contributed by atoms with van der Waals surface area (Å²) in [5.41, 5.74) is 9.24.